The number of fused-ring (bicyclic) bond motifs is 1. The molecule has 1 aromatic heterocycles. The summed E-state index contributed by atoms with van der Waals surface area (Å²) in [5.41, 5.74) is -0.207. The zero-order valence-corrected chi connectivity index (χ0v) is 29.3. The quantitative estimate of drug-likeness (QED) is 0.0529. The molecule has 0 radical (unpaired) electrons. The number of azo groups is 1. The Morgan fingerprint density at radius 2 is 1.33 bits per heavy atom. The fourth-order valence-electron chi connectivity index (χ4n) is 4.90. The van der Waals surface area contributed by atoms with Crippen LogP contribution in [0.15, 0.2) is 117 Å². The number of anilines is 5. The van der Waals surface area contributed by atoms with Gasteiger partial charge in [-0.3, -0.25) is 13.9 Å². The number of benzene rings is 5. The number of aromatic carboxylic acids is 1. The number of rotatable bonds is 11. The summed E-state index contributed by atoms with van der Waals surface area (Å²) in [6.45, 7) is 0. The number of aromatic hydroxyl groups is 1. The van der Waals surface area contributed by atoms with Crippen LogP contribution in [0.25, 0.3) is 10.8 Å². The molecule has 274 valence electrons. The molecule has 0 aliphatic carbocycles. The Morgan fingerprint density at radius 3 is 1.96 bits per heavy atom. The van der Waals surface area contributed by atoms with Crippen LogP contribution in [0, 0.1) is 0 Å². The van der Waals surface area contributed by atoms with Gasteiger partial charge in [-0.15, -0.1) is 5.11 Å². The van der Waals surface area contributed by atoms with E-state index >= 15 is 0 Å². The summed E-state index contributed by atoms with van der Waals surface area (Å²) < 4.78 is 66.3. The highest BCUT2D eigenvalue weighted by Gasteiger charge is 2.21. The number of para-hydroxylation sites is 1. The van der Waals surface area contributed by atoms with Gasteiger partial charge < -0.3 is 26.2 Å². The van der Waals surface area contributed by atoms with Gasteiger partial charge in [0.15, 0.2) is 5.75 Å². The average molecular weight is 791 g/mol. The largest absolute Gasteiger partial charge is 0.505 e. The molecule has 0 fully saturated rings. The number of nitrogens with one attached hydrogen (secondary N) is 3. The van der Waals surface area contributed by atoms with E-state index in [2.05, 4.69) is 41.1 Å². The van der Waals surface area contributed by atoms with Gasteiger partial charge in [0.1, 0.15) is 5.69 Å². The summed E-state index contributed by atoms with van der Waals surface area (Å²) in [6, 6.07) is 21.6. The summed E-state index contributed by atoms with van der Waals surface area (Å²) in [7, 11) is -9.28. The first kappa shape index (κ1) is 37.2. The van der Waals surface area contributed by atoms with Gasteiger partial charge >= 0.3 is 5.97 Å². The fourth-order valence-corrected chi connectivity index (χ4v) is 6.09. The summed E-state index contributed by atoms with van der Waals surface area (Å²) in [4.78, 5) is 36.0. The maximum absolute atomic E-state index is 13.3. The second-order valence-corrected chi connectivity index (χ2v) is 14.3. The van der Waals surface area contributed by atoms with Crippen molar-refractivity contribution in [1.82, 2.24) is 15.0 Å². The second-order valence-electron chi connectivity index (χ2n) is 11.1. The van der Waals surface area contributed by atoms with Crippen molar-refractivity contribution in [3.8, 4) is 5.75 Å². The number of carboxylic acids is 1. The number of carbonyl (C=O) groups excluding carboxylic acids is 1. The summed E-state index contributed by atoms with van der Waals surface area (Å²) in [6.07, 6.45) is 0. The Morgan fingerprint density at radius 1 is 0.685 bits per heavy atom. The lowest BCUT2D eigenvalue weighted by Crippen LogP contribution is -2.12. The number of nitrogens with zero attached hydrogens (tertiary/aromatic N) is 5. The summed E-state index contributed by atoms with van der Waals surface area (Å²) >= 11 is 6.08. The molecule has 6 aromatic rings. The predicted octanol–water partition coefficient (Wildman–Crippen LogP) is 6.73. The lowest BCUT2D eigenvalue weighted by Gasteiger charge is -2.12. The molecule has 1 heterocycles. The van der Waals surface area contributed by atoms with E-state index in [9.17, 15) is 45.7 Å². The molecule has 7 N–H and O–H groups in total. The average Bonchev–Trinajstić information content (AvgIpc) is 3.10. The number of carbonyl (C=O) groups is 2. The molecule has 0 saturated heterocycles. The van der Waals surface area contributed by atoms with Gasteiger partial charge in [-0.05, 0) is 89.8 Å². The van der Waals surface area contributed by atoms with Gasteiger partial charge in [-0.2, -0.15) is 36.9 Å². The lowest BCUT2D eigenvalue weighted by atomic mass is 10.0. The Labute approximate surface area is 309 Å². The monoisotopic (exact) mass is 790 g/mol. The summed E-state index contributed by atoms with van der Waals surface area (Å²) in [5, 5.41) is 37.2. The Balaban J connectivity index is 1.37. The van der Waals surface area contributed by atoms with Crippen LogP contribution < -0.4 is 16.0 Å². The Hall–Kier alpha value is -6.58. The molecule has 0 saturated carbocycles. The molecule has 0 aliphatic rings. The number of halogens is 1. The normalized spacial score (nSPS) is 11.8. The van der Waals surface area contributed by atoms with E-state index in [1.807, 2.05) is 0 Å². The number of phenols is 1. The number of aromatic nitrogens is 3. The van der Waals surface area contributed by atoms with Crippen molar-refractivity contribution in [2.45, 2.75) is 9.79 Å². The molecule has 5 aromatic carbocycles. The van der Waals surface area contributed by atoms with Crippen molar-refractivity contribution < 1.29 is 45.7 Å². The number of carboxylic acid groups (broad SMARTS) is 1. The molecule has 0 atom stereocenters. The third-order valence-corrected chi connectivity index (χ3v) is 9.20. The van der Waals surface area contributed by atoms with E-state index in [4.69, 9.17) is 11.6 Å². The molecule has 0 spiro atoms. The van der Waals surface area contributed by atoms with Crippen molar-refractivity contribution >= 4 is 94.8 Å². The smallest absolute Gasteiger partial charge is 0.335 e. The summed E-state index contributed by atoms with van der Waals surface area (Å²) in [5.74, 6) is -2.98. The van der Waals surface area contributed by atoms with Gasteiger partial charge in [-0.25, -0.2) is 4.79 Å². The van der Waals surface area contributed by atoms with Gasteiger partial charge in [-0.1, -0.05) is 24.3 Å². The first-order chi connectivity index (χ1) is 25.5. The Kier molecular flexibility index (Phi) is 10.2. The highest BCUT2D eigenvalue weighted by molar-refractivity contribution is 7.86. The van der Waals surface area contributed by atoms with Gasteiger partial charge in [0.2, 0.25) is 17.2 Å². The van der Waals surface area contributed by atoms with Crippen LogP contribution in [0.2, 0.25) is 5.28 Å². The highest BCUT2D eigenvalue weighted by Crippen LogP contribution is 2.40. The first-order valence-electron chi connectivity index (χ1n) is 15.0. The Bertz CT molecular complexity index is 2720. The van der Waals surface area contributed by atoms with Gasteiger partial charge in [0.05, 0.1) is 26.6 Å². The molecule has 21 heteroatoms. The number of hydrogen-bond acceptors (Lipinski definition) is 14. The van der Waals surface area contributed by atoms with Crippen molar-refractivity contribution in [2.75, 3.05) is 16.0 Å². The van der Waals surface area contributed by atoms with Crippen LogP contribution in [-0.4, -0.2) is 63.0 Å². The van der Waals surface area contributed by atoms with Crippen molar-refractivity contribution in [3.63, 3.8) is 0 Å². The minimum atomic E-state index is -4.85. The van der Waals surface area contributed by atoms with E-state index in [0.717, 1.165) is 24.3 Å². The minimum Gasteiger partial charge on any atom is -0.505 e. The van der Waals surface area contributed by atoms with Crippen LogP contribution in [0.3, 0.4) is 0 Å². The predicted molar refractivity (Wildman–Crippen MR) is 195 cm³/mol. The molecule has 18 nitrogen and oxygen atoms in total. The lowest BCUT2D eigenvalue weighted by molar-refractivity contribution is 0.0696. The molecular weight excluding hydrogens is 768 g/mol. The highest BCUT2D eigenvalue weighted by atomic mass is 35.5. The molecule has 6 rings (SSSR count). The van der Waals surface area contributed by atoms with Crippen molar-refractivity contribution in [2.24, 2.45) is 10.2 Å². The van der Waals surface area contributed by atoms with Gasteiger partial charge in [0, 0.05) is 22.4 Å². The number of phenolic OH excluding ortho intramolecular Hbond substituents is 1. The molecule has 0 unspecified atom stereocenters. The van der Waals surface area contributed by atoms with Crippen molar-refractivity contribution in [3.05, 3.63) is 113 Å². The zero-order chi connectivity index (χ0) is 38.8. The van der Waals surface area contributed by atoms with Crippen LogP contribution in [0.1, 0.15) is 20.7 Å². The number of amides is 1. The molecule has 0 bridgehead atoms. The van der Waals surface area contributed by atoms with Crippen LogP contribution in [0.4, 0.5) is 40.3 Å². The van der Waals surface area contributed by atoms with Gasteiger partial charge in [0.25, 0.3) is 26.1 Å². The van der Waals surface area contributed by atoms with E-state index in [0.29, 0.717) is 11.4 Å². The molecule has 1 amide bonds. The molecule has 0 aliphatic heterocycles. The maximum Gasteiger partial charge on any atom is 0.335 e. The third kappa shape index (κ3) is 8.71. The van der Waals surface area contributed by atoms with Crippen molar-refractivity contribution in [1.29, 1.82) is 0 Å². The zero-order valence-electron chi connectivity index (χ0n) is 26.9. The molecule has 54 heavy (non-hydrogen) atoms. The van der Waals surface area contributed by atoms with E-state index in [1.165, 1.54) is 42.5 Å². The second kappa shape index (κ2) is 14.8. The third-order valence-electron chi connectivity index (χ3n) is 7.34. The van der Waals surface area contributed by atoms with E-state index in [1.54, 1.807) is 30.3 Å². The minimum absolute atomic E-state index is 0.0547. The SMILES string of the molecule is O=C(O)c1ccc2c(N=Nc3cc(Nc4nc(Cl)nc(Nc5ccc(S(=O)(=O)O)cc5)n4)cc(S(=O)(=O)O)c3)c(O)c(C(=O)Nc3ccccc3)cc2c1. The van der Waals surface area contributed by atoms with E-state index < -0.39 is 42.8 Å². The van der Waals surface area contributed by atoms with E-state index in [-0.39, 0.29) is 61.0 Å². The van der Waals surface area contributed by atoms with Crippen LogP contribution in [0.5, 0.6) is 5.75 Å². The first-order valence-corrected chi connectivity index (χ1v) is 18.3. The topological polar surface area (TPSA) is 283 Å². The maximum atomic E-state index is 13.3. The molecular formula is C33H23ClN8O10S2. The standard InChI is InChI=1S/C33H23ClN8O10S2/c34-31-38-32(36-20-7-9-23(10-8-20)53(47,48)49)40-33(39-31)37-21-14-22(16-24(15-21)54(50,51)52)41-42-27-25-11-6-17(30(45)46)12-18(25)13-26(28(27)43)29(44)35-19-4-2-1-3-5-19/h1-16,43H,(H,35,44)(H,45,46)(H,47,48,49)(H,50,51,52)(H2,36,37,38,39,40). The van der Waals surface area contributed by atoms with Crippen LogP contribution >= 0.6 is 11.6 Å². The van der Waals surface area contributed by atoms with Crippen LogP contribution in [-0.2, 0) is 20.2 Å². The fraction of sp³-hybridized carbons (Fsp3) is 0. The number of hydrogen-bond donors (Lipinski definition) is 7.